The highest BCUT2D eigenvalue weighted by molar-refractivity contribution is 5.51. The number of rotatable bonds is 2. The van der Waals surface area contributed by atoms with Crippen LogP contribution in [0.1, 0.15) is 18.4 Å². The molecule has 7 heteroatoms. The lowest BCUT2D eigenvalue weighted by Gasteiger charge is -2.40. The molecule has 0 N–H and O–H groups in total. The highest BCUT2D eigenvalue weighted by atomic mass is 19.4. The third kappa shape index (κ3) is 3.03. The predicted molar refractivity (Wildman–Crippen MR) is 89.5 cm³/mol. The lowest BCUT2D eigenvalue weighted by Crippen LogP contribution is -2.49. The van der Waals surface area contributed by atoms with Crippen LogP contribution in [0, 0.1) is 5.92 Å². The summed E-state index contributed by atoms with van der Waals surface area (Å²) in [7, 11) is 0. The van der Waals surface area contributed by atoms with Crippen LogP contribution in [0.3, 0.4) is 0 Å². The zero-order valence-electron chi connectivity index (χ0n) is 13.7. The molecule has 2 unspecified atom stereocenters. The van der Waals surface area contributed by atoms with Crippen molar-refractivity contribution in [3.8, 4) is 0 Å². The standard InChI is InChI=1S/C18H19F3N4/c19-18(20,21)14-4-3-9-23-17(14)24-10-6-13-7-11-25(15(13)12-24)16-5-1-2-8-22-16/h1-5,8-9,13,15H,6-7,10-12H2. The Morgan fingerprint density at radius 2 is 1.76 bits per heavy atom. The zero-order valence-corrected chi connectivity index (χ0v) is 13.7. The van der Waals surface area contributed by atoms with Gasteiger partial charge in [0.25, 0.3) is 0 Å². The van der Waals surface area contributed by atoms with E-state index in [0.717, 1.165) is 31.3 Å². The van der Waals surface area contributed by atoms with Gasteiger partial charge in [-0.15, -0.1) is 0 Å². The summed E-state index contributed by atoms with van der Waals surface area (Å²) in [6.07, 6.45) is 0.730. The summed E-state index contributed by atoms with van der Waals surface area (Å²) < 4.78 is 40.0. The van der Waals surface area contributed by atoms with Crippen LogP contribution in [-0.4, -0.2) is 35.6 Å². The van der Waals surface area contributed by atoms with E-state index in [-0.39, 0.29) is 11.9 Å². The minimum Gasteiger partial charge on any atom is -0.354 e. The van der Waals surface area contributed by atoms with Crippen LogP contribution in [0.25, 0.3) is 0 Å². The van der Waals surface area contributed by atoms with Crippen LogP contribution < -0.4 is 9.80 Å². The summed E-state index contributed by atoms with van der Waals surface area (Å²) in [5.74, 6) is 1.44. The third-order valence-corrected chi connectivity index (χ3v) is 5.20. The molecule has 0 aromatic carbocycles. The van der Waals surface area contributed by atoms with Crippen LogP contribution in [0.15, 0.2) is 42.7 Å². The van der Waals surface area contributed by atoms with Gasteiger partial charge < -0.3 is 9.80 Å². The average molecular weight is 348 g/mol. The van der Waals surface area contributed by atoms with Gasteiger partial charge in [-0.25, -0.2) is 9.97 Å². The largest absolute Gasteiger partial charge is 0.419 e. The Labute approximate surface area is 144 Å². The number of pyridine rings is 2. The lowest BCUT2D eigenvalue weighted by molar-refractivity contribution is -0.137. The molecule has 4 heterocycles. The number of anilines is 2. The zero-order chi connectivity index (χ0) is 17.4. The van der Waals surface area contributed by atoms with Gasteiger partial charge in [-0.3, -0.25) is 0 Å². The Balaban J connectivity index is 1.61. The minimum absolute atomic E-state index is 0.0429. The van der Waals surface area contributed by atoms with Crippen molar-refractivity contribution in [3.05, 3.63) is 48.3 Å². The van der Waals surface area contributed by atoms with E-state index < -0.39 is 11.7 Å². The number of hydrogen-bond donors (Lipinski definition) is 0. The van der Waals surface area contributed by atoms with Crippen LogP contribution >= 0.6 is 0 Å². The molecule has 0 amide bonds. The van der Waals surface area contributed by atoms with E-state index in [2.05, 4.69) is 14.9 Å². The molecule has 0 radical (unpaired) electrons. The number of alkyl halides is 3. The number of hydrogen-bond acceptors (Lipinski definition) is 4. The average Bonchev–Trinajstić information content (AvgIpc) is 3.05. The smallest absolute Gasteiger partial charge is 0.354 e. The molecular weight excluding hydrogens is 329 g/mol. The predicted octanol–water partition coefficient (Wildman–Crippen LogP) is 3.60. The number of halogens is 3. The monoisotopic (exact) mass is 348 g/mol. The molecule has 2 aromatic rings. The maximum absolute atomic E-state index is 13.3. The first kappa shape index (κ1) is 16.2. The van der Waals surface area contributed by atoms with Gasteiger partial charge in [0.15, 0.2) is 0 Å². The number of aromatic nitrogens is 2. The number of fused-ring (bicyclic) bond motifs is 1. The Morgan fingerprint density at radius 3 is 2.52 bits per heavy atom. The van der Waals surface area contributed by atoms with Gasteiger partial charge in [0.1, 0.15) is 11.6 Å². The molecule has 2 aliphatic heterocycles. The van der Waals surface area contributed by atoms with E-state index >= 15 is 0 Å². The van der Waals surface area contributed by atoms with Crippen molar-refractivity contribution in [1.82, 2.24) is 9.97 Å². The maximum atomic E-state index is 13.3. The Hall–Kier alpha value is -2.31. The second kappa shape index (κ2) is 6.20. The summed E-state index contributed by atoms with van der Waals surface area (Å²) in [5, 5.41) is 0. The van der Waals surface area contributed by atoms with Crippen molar-refractivity contribution in [3.63, 3.8) is 0 Å². The summed E-state index contributed by atoms with van der Waals surface area (Å²) in [6.45, 7) is 2.05. The number of piperidine rings is 1. The Kier molecular flexibility index (Phi) is 4.01. The minimum atomic E-state index is -4.39. The van der Waals surface area contributed by atoms with Crippen molar-refractivity contribution >= 4 is 11.6 Å². The molecule has 4 nitrogen and oxygen atoms in total. The number of nitrogens with zero attached hydrogens (tertiary/aromatic N) is 4. The van der Waals surface area contributed by atoms with Gasteiger partial charge in [-0.05, 0) is 43.0 Å². The molecule has 0 bridgehead atoms. The van der Waals surface area contributed by atoms with Crippen molar-refractivity contribution < 1.29 is 13.2 Å². The Bertz CT molecular complexity index is 735. The summed E-state index contributed by atoms with van der Waals surface area (Å²) >= 11 is 0. The molecular formula is C18H19F3N4. The van der Waals surface area contributed by atoms with Crippen LogP contribution in [0.4, 0.5) is 24.8 Å². The first-order valence-corrected chi connectivity index (χ1v) is 8.49. The molecule has 2 atom stereocenters. The first-order chi connectivity index (χ1) is 12.0. The SMILES string of the molecule is FC(F)(F)c1cccnc1N1CCC2CCN(c3ccccn3)C2C1. The first-order valence-electron chi connectivity index (χ1n) is 8.49. The normalized spacial score (nSPS) is 23.6. The van der Waals surface area contributed by atoms with E-state index in [9.17, 15) is 13.2 Å². The third-order valence-electron chi connectivity index (χ3n) is 5.20. The molecule has 0 aliphatic carbocycles. The second-order valence-corrected chi connectivity index (χ2v) is 6.60. The molecule has 2 fully saturated rings. The van der Waals surface area contributed by atoms with Crippen molar-refractivity contribution in [2.45, 2.75) is 25.1 Å². The van der Waals surface area contributed by atoms with Gasteiger partial charge in [-0.2, -0.15) is 13.2 Å². The quantitative estimate of drug-likeness (QED) is 0.830. The van der Waals surface area contributed by atoms with E-state index in [1.165, 1.54) is 12.3 Å². The second-order valence-electron chi connectivity index (χ2n) is 6.60. The molecule has 132 valence electrons. The molecule has 25 heavy (non-hydrogen) atoms. The van der Waals surface area contributed by atoms with Gasteiger partial charge in [0.2, 0.25) is 0 Å². The van der Waals surface area contributed by atoms with Gasteiger partial charge in [0.05, 0.1) is 11.6 Å². The fourth-order valence-corrected chi connectivity index (χ4v) is 4.01. The topological polar surface area (TPSA) is 32.3 Å². The highest BCUT2D eigenvalue weighted by Crippen LogP contribution is 2.39. The highest BCUT2D eigenvalue weighted by Gasteiger charge is 2.42. The van der Waals surface area contributed by atoms with Gasteiger partial charge >= 0.3 is 6.18 Å². The van der Waals surface area contributed by atoms with E-state index in [1.54, 1.807) is 11.1 Å². The van der Waals surface area contributed by atoms with E-state index in [0.29, 0.717) is 19.0 Å². The Morgan fingerprint density at radius 1 is 0.960 bits per heavy atom. The van der Waals surface area contributed by atoms with Gasteiger partial charge in [-0.1, -0.05) is 6.07 Å². The lowest BCUT2D eigenvalue weighted by atomic mass is 9.92. The fraction of sp³-hybridized carbons (Fsp3) is 0.444. The summed E-state index contributed by atoms with van der Waals surface area (Å²) in [6, 6.07) is 8.40. The van der Waals surface area contributed by atoms with E-state index in [1.807, 2.05) is 18.2 Å². The van der Waals surface area contributed by atoms with Crippen LogP contribution in [-0.2, 0) is 6.18 Å². The fourth-order valence-electron chi connectivity index (χ4n) is 4.01. The van der Waals surface area contributed by atoms with Crippen molar-refractivity contribution in [2.24, 2.45) is 5.92 Å². The summed E-state index contributed by atoms with van der Waals surface area (Å²) in [4.78, 5) is 12.5. The maximum Gasteiger partial charge on any atom is 0.419 e. The summed E-state index contributed by atoms with van der Waals surface area (Å²) in [5.41, 5.74) is -0.657. The molecule has 4 rings (SSSR count). The molecule has 2 saturated heterocycles. The van der Waals surface area contributed by atoms with Crippen LogP contribution in [0.2, 0.25) is 0 Å². The molecule has 0 spiro atoms. The van der Waals surface area contributed by atoms with Crippen molar-refractivity contribution in [1.29, 1.82) is 0 Å². The van der Waals surface area contributed by atoms with Gasteiger partial charge in [0, 0.05) is 32.0 Å². The molecule has 2 aliphatic rings. The van der Waals surface area contributed by atoms with Crippen LogP contribution in [0.5, 0.6) is 0 Å². The molecule has 0 saturated carbocycles. The van der Waals surface area contributed by atoms with E-state index in [4.69, 9.17) is 0 Å². The molecule has 2 aromatic heterocycles. The van der Waals surface area contributed by atoms with Crippen molar-refractivity contribution in [2.75, 3.05) is 29.4 Å².